The summed E-state index contributed by atoms with van der Waals surface area (Å²) in [5.41, 5.74) is -2.65. The largest absolute Gasteiger partial charge is 0.489 e. The zero-order valence-electron chi connectivity index (χ0n) is 19.2. The van der Waals surface area contributed by atoms with Crippen molar-refractivity contribution in [3.05, 3.63) is 32.3 Å². The van der Waals surface area contributed by atoms with Gasteiger partial charge in [0.1, 0.15) is 29.0 Å². The van der Waals surface area contributed by atoms with Gasteiger partial charge in [0.25, 0.3) is 11.6 Å². The number of halogens is 2. The van der Waals surface area contributed by atoms with E-state index in [1.165, 1.54) is 15.9 Å². The molecule has 184 valence electrons. The lowest BCUT2D eigenvalue weighted by Crippen LogP contribution is -2.62. The van der Waals surface area contributed by atoms with Gasteiger partial charge < -0.3 is 14.4 Å². The summed E-state index contributed by atoms with van der Waals surface area (Å²) in [4.78, 5) is 40.4. The smallest absolute Gasteiger partial charge is 0.411 e. The van der Waals surface area contributed by atoms with E-state index in [4.69, 9.17) is 32.7 Å². The lowest BCUT2D eigenvalue weighted by atomic mass is 9.94. The van der Waals surface area contributed by atoms with Crippen molar-refractivity contribution >= 4 is 40.9 Å². The Morgan fingerprint density at radius 3 is 2.59 bits per heavy atom. The van der Waals surface area contributed by atoms with Crippen molar-refractivity contribution in [3.8, 4) is 11.8 Å². The van der Waals surface area contributed by atoms with Crippen molar-refractivity contribution in [1.82, 2.24) is 9.80 Å². The summed E-state index contributed by atoms with van der Waals surface area (Å²) in [6, 6.07) is 3.82. The summed E-state index contributed by atoms with van der Waals surface area (Å²) in [7, 11) is 0. The van der Waals surface area contributed by atoms with E-state index in [2.05, 4.69) is 6.07 Å². The van der Waals surface area contributed by atoms with Gasteiger partial charge in [-0.05, 0) is 52.5 Å². The molecular formula is C22H26Cl2N4O6. The molecule has 2 aliphatic rings. The number of likely N-dealkylation sites (tertiary alicyclic amines) is 2. The van der Waals surface area contributed by atoms with Crippen LogP contribution in [0.5, 0.6) is 5.75 Å². The molecule has 0 aromatic heterocycles. The Morgan fingerprint density at radius 2 is 1.97 bits per heavy atom. The maximum atomic E-state index is 13.8. The van der Waals surface area contributed by atoms with Crippen molar-refractivity contribution < 1.29 is 24.0 Å². The molecule has 2 atom stereocenters. The van der Waals surface area contributed by atoms with E-state index in [1.54, 1.807) is 20.8 Å². The lowest BCUT2D eigenvalue weighted by Gasteiger charge is -2.40. The normalized spacial score (nSPS) is 22.4. The van der Waals surface area contributed by atoms with E-state index in [0.29, 0.717) is 25.8 Å². The van der Waals surface area contributed by atoms with Crippen LogP contribution in [0.15, 0.2) is 12.1 Å². The highest BCUT2D eigenvalue weighted by Crippen LogP contribution is 2.39. The minimum atomic E-state index is -1.46. The van der Waals surface area contributed by atoms with E-state index < -0.39 is 39.8 Å². The second-order valence-electron chi connectivity index (χ2n) is 9.33. The number of hydrogen-bond acceptors (Lipinski definition) is 7. The van der Waals surface area contributed by atoms with E-state index >= 15 is 0 Å². The first-order valence-electron chi connectivity index (χ1n) is 10.9. The van der Waals surface area contributed by atoms with Gasteiger partial charge >= 0.3 is 6.09 Å². The number of nitriles is 1. The Hall–Kier alpha value is -2.77. The molecule has 0 radical (unpaired) electrons. The number of nitro groups is 1. The molecule has 0 unspecified atom stereocenters. The molecule has 2 heterocycles. The first-order valence-corrected chi connectivity index (χ1v) is 11.6. The molecule has 0 N–H and O–H groups in total. The summed E-state index contributed by atoms with van der Waals surface area (Å²) in [5, 5.41) is 20.7. The standard InChI is InChI=1S/C22H26Cl2N4O6/c1-21(2,3)34-20(30)27-9-5-7-22(27,19(29)26-8-4-6-14(26)12-25)13-33-18-11-17(28(31)32)15(23)10-16(18)24/h10-11,14H,4-9,13H2,1-3H3/t14-,22-/m0/s1. The van der Waals surface area contributed by atoms with Gasteiger partial charge in [-0.1, -0.05) is 23.2 Å². The van der Waals surface area contributed by atoms with Crippen LogP contribution in [0.25, 0.3) is 0 Å². The summed E-state index contributed by atoms with van der Waals surface area (Å²) >= 11 is 12.1. The average molecular weight is 513 g/mol. The van der Waals surface area contributed by atoms with Gasteiger partial charge in [-0.25, -0.2) is 4.79 Å². The van der Waals surface area contributed by atoms with Crippen LogP contribution >= 0.6 is 23.2 Å². The van der Waals surface area contributed by atoms with Crippen LogP contribution in [0.1, 0.15) is 46.5 Å². The van der Waals surface area contributed by atoms with Crippen LogP contribution in [0.4, 0.5) is 10.5 Å². The zero-order valence-corrected chi connectivity index (χ0v) is 20.7. The number of rotatable bonds is 5. The molecule has 0 bridgehead atoms. The fourth-order valence-corrected chi connectivity index (χ4v) is 4.78. The monoisotopic (exact) mass is 512 g/mol. The average Bonchev–Trinajstić information content (AvgIpc) is 3.38. The molecule has 2 aliphatic heterocycles. The van der Waals surface area contributed by atoms with Gasteiger partial charge in [-0.3, -0.25) is 19.8 Å². The zero-order chi connectivity index (χ0) is 25.3. The second-order valence-corrected chi connectivity index (χ2v) is 10.1. The van der Waals surface area contributed by atoms with E-state index in [-0.39, 0.29) is 35.4 Å². The molecule has 0 spiro atoms. The minimum Gasteiger partial charge on any atom is -0.489 e. The molecule has 2 fully saturated rings. The first-order chi connectivity index (χ1) is 15.9. The van der Waals surface area contributed by atoms with E-state index in [9.17, 15) is 25.0 Å². The molecule has 0 saturated carbocycles. The van der Waals surface area contributed by atoms with Crippen molar-refractivity contribution in [2.45, 2.75) is 63.6 Å². The molecular weight excluding hydrogens is 487 g/mol. The van der Waals surface area contributed by atoms with E-state index in [1.807, 2.05) is 0 Å². The predicted octanol–water partition coefficient (Wildman–Crippen LogP) is 4.56. The van der Waals surface area contributed by atoms with Crippen LogP contribution in [-0.2, 0) is 9.53 Å². The van der Waals surface area contributed by atoms with Gasteiger partial charge in [0.05, 0.1) is 22.1 Å². The highest BCUT2D eigenvalue weighted by Gasteiger charge is 2.55. The topological polar surface area (TPSA) is 126 Å². The fourth-order valence-electron chi connectivity index (χ4n) is 4.27. The van der Waals surface area contributed by atoms with Crippen molar-refractivity contribution in [2.75, 3.05) is 19.7 Å². The van der Waals surface area contributed by atoms with Gasteiger partial charge in [-0.2, -0.15) is 5.26 Å². The maximum absolute atomic E-state index is 13.8. The van der Waals surface area contributed by atoms with Crippen molar-refractivity contribution in [3.63, 3.8) is 0 Å². The molecule has 12 heteroatoms. The summed E-state index contributed by atoms with van der Waals surface area (Å²) in [6.07, 6.45) is 1.31. The maximum Gasteiger partial charge on any atom is 0.411 e. The Kier molecular flexibility index (Phi) is 7.48. The highest BCUT2D eigenvalue weighted by molar-refractivity contribution is 6.36. The fraction of sp³-hybridized carbons (Fsp3) is 0.591. The van der Waals surface area contributed by atoms with E-state index in [0.717, 1.165) is 6.07 Å². The third kappa shape index (κ3) is 5.15. The van der Waals surface area contributed by atoms with Crippen LogP contribution in [-0.4, -0.2) is 63.6 Å². The molecule has 3 rings (SSSR count). The van der Waals surface area contributed by atoms with Crippen LogP contribution in [0.2, 0.25) is 10.0 Å². The van der Waals surface area contributed by atoms with Crippen LogP contribution < -0.4 is 4.74 Å². The summed E-state index contributed by atoms with van der Waals surface area (Å²) in [5.74, 6) is -0.460. The number of ether oxygens (including phenoxy) is 2. The lowest BCUT2D eigenvalue weighted by molar-refractivity contribution is -0.384. The Bertz CT molecular complexity index is 1040. The first kappa shape index (κ1) is 25.8. The van der Waals surface area contributed by atoms with Gasteiger partial charge in [0.15, 0.2) is 5.54 Å². The van der Waals surface area contributed by atoms with Gasteiger partial charge in [-0.15, -0.1) is 0 Å². The SMILES string of the molecule is CC(C)(C)OC(=O)N1CCC[C@]1(COc1cc([N+](=O)[O-])c(Cl)cc1Cl)C(=O)N1CCC[C@H]1C#N. The second kappa shape index (κ2) is 9.84. The number of nitro benzene ring substituents is 1. The number of nitrogens with zero attached hydrogens (tertiary/aromatic N) is 4. The Labute approximate surface area is 207 Å². The molecule has 1 aromatic rings. The Morgan fingerprint density at radius 1 is 1.26 bits per heavy atom. The molecule has 10 nitrogen and oxygen atoms in total. The molecule has 2 amide bonds. The molecule has 0 aliphatic carbocycles. The minimum absolute atomic E-state index is 0.0242. The number of hydrogen-bond donors (Lipinski definition) is 0. The number of amides is 2. The number of carbonyl (C=O) groups is 2. The Balaban J connectivity index is 1.98. The molecule has 34 heavy (non-hydrogen) atoms. The quantitative estimate of drug-likeness (QED) is 0.417. The van der Waals surface area contributed by atoms with Crippen LogP contribution in [0.3, 0.4) is 0 Å². The summed E-state index contributed by atoms with van der Waals surface area (Å²) < 4.78 is 11.4. The van der Waals surface area contributed by atoms with Gasteiger partial charge in [0, 0.05) is 13.1 Å². The van der Waals surface area contributed by atoms with Crippen molar-refractivity contribution in [1.29, 1.82) is 5.26 Å². The third-order valence-corrected chi connectivity index (χ3v) is 6.43. The predicted molar refractivity (Wildman–Crippen MR) is 124 cm³/mol. The summed E-state index contributed by atoms with van der Waals surface area (Å²) in [6.45, 7) is 5.48. The van der Waals surface area contributed by atoms with Crippen molar-refractivity contribution in [2.24, 2.45) is 0 Å². The molecule has 1 aromatic carbocycles. The third-order valence-electron chi connectivity index (χ3n) is 5.83. The molecule has 2 saturated heterocycles. The van der Waals surface area contributed by atoms with Crippen LogP contribution in [0, 0.1) is 21.4 Å². The van der Waals surface area contributed by atoms with Gasteiger partial charge in [0.2, 0.25) is 0 Å². The highest BCUT2D eigenvalue weighted by atomic mass is 35.5. The number of benzene rings is 1. The number of carbonyl (C=O) groups excluding carboxylic acids is 2.